The summed E-state index contributed by atoms with van der Waals surface area (Å²) in [5, 5.41) is 8.39. The molecule has 0 fully saturated rings. The van der Waals surface area contributed by atoms with E-state index in [9.17, 15) is 14.4 Å². The molecule has 0 aliphatic heterocycles. The van der Waals surface area contributed by atoms with Gasteiger partial charge in [-0.15, -0.1) is 11.8 Å². The highest BCUT2D eigenvalue weighted by Gasteiger charge is 2.09. The molecule has 2 aromatic carbocycles. The molecule has 0 aromatic heterocycles. The van der Waals surface area contributed by atoms with Gasteiger partial charge in [0.2, 0.25) is 17.7 Å². The maximum atomic E-state index is 12.0. The van der Waals surface area contributed by atoms with Crippen molar-refractivity contribution in [3.05, 3.63) is 53.1 Å². The van der Waals surface area contributed by atoms with Gasteiger partial charge < -0.3 is 16.0 Å². The van der Waals surface area contributed by atoms with Gasteiger partial charge in [-0.2, -0.15) is 0 Å². The van der Waals surface area contributed by atoms with Crippen molar-refractivity contribution in [3.8, 4) is 0 Å². The summed E-state index contributed by atoms with van der Waals surface area (Å²) < 4.78 is 0. The molecule has 0 spiro atoms. The number of carbonyl (C=O) groups excluding carboxylic acids is 3. The normalized spacial score (nSPS) is 10.2. The van der Waals surface area contributed by atoms with E-state index in [1.807, 2.05) is 31.2 Å². The maximum Gasteiger partial charge on any atom is 0.234 e. The SMILES string of the molecule is CC(=O)Nc1ccc(NC(=O)CSCC(=O)Nc2ccc(C)cc2)c(Cl)c1. The molecule has 0 unspecified atom stereocenters. The molecule has 0 saturated carbocycles. The topological polar surface area (TPSA) is 87.3 Å². The van der Waals surface area contributed by atoms with Crippen molar-refractivity contribution in [2.75, 3.05) is 27.5 Å². The lowest BCUT2D eigenvalue weighted by Crippen LogP contribution is -2.18. The van der Waals surface area contributed by atoms with E-state index in [-0.39, 0.29) is 29.2 Å². The monoisotopic (exact) mass is 405 g/mol. The summed E-state index contributed by atoms with van der Waals surface area (Å²) in [6.45, 7) is 3.37. The second-order valence-corrected chi connectivity index (χ2v) is 7.22. The number of hydrogen-bond acceptors (Lipinski definition) is 4. The van der Waals surface area contributed by atoms with Crippen LogP contribution in [0.1, 0.15) is 12.5 Å². The second kappa shape index (κ2) is 9.99. The van der Waals surface area contributed by atoms with Crippen LogP contribution in [0.5, 0.6) is 0 Å². The van der Waals surface area contributed by atoms with E-state index in [0.29, 0.717) is 16.4 Å². The number of benzene rings is 2. The van der Waals surface area contributed by atoms with Crippen LogP contribution >= 0.6 is 23.4 Å². The number of carbonyl (C=O) groups is 3. The number of amides is 3. The number of rotatable bonds is 7. The molecule has 0 heterocycles. The number of nitrogens with one attached hydrogen (secondary N) is 3. The van der Waals surface area contributed by atoms with Crippen LogP contribution in [0.2, 0.25) is 5.02 Å². The maximum absolute atomic E-state index is 12.0. The van der Waals surface area contributed by atoms with Gasteiger partial charge in [0.1, 0.15) is 0 Å². The molecule has 27 heavy (non-hydrogen) atoms. The average Bonchev–Trinajstić information content (AvgIpc) is 2.59. The summed E-state index contributed by atoms with van der Waals surface area (Å²) in [5.41, 5.74) is 2.83. The molecule has 6 nitrogen and oxygen atoms in total. The fourth-order valence-corrected chi connectivity index (χ4v) is 3.00. The zero-order valence-corrected chi connectivity index (χ0v) is 16.5. The number of hydrogen-bond donors (Lipinski definition) is 3. The molecular weight excluding hydrogens is 386 g/mol. The molecule has 2 aromatic rings. The van der Waals surface area contributed by atoms with Crippen LogP contribution in [0, 0.1) is 6.92 Å². The van der Waals surface area contributed by atoms with Gasteiger partial charge in [0.15, 0.2) is 0 Å². The highest BCUT2D eigenvalue weighted by Crippen LogP contribution is 2.25. The Morgan fingerprint density at radius 3 is 2.07 bits per heavy atom. The largest absolute Gasteiger partial charge is 0.326 e. The molecule has 0 bridgehead atoms. The van der Waals surface area contributed by atoms with Crippen LogP contribution in [0.25, 0.3) is 0 Å². The first-order chi connectivity index (χ1) is 12.8. The molecule has 0 saturated heterocycles. The quantitative estimate of drug-likeness (QED) is 0.651. The summed E-state index contributed by atoms with van der Waals surface area (Å²) in [6, 6.07) is 12.3. The van der Waals surface area contributed by atoms with Crippen molar-refractivity contribution >= 4 is 58.1 Å². The van der Waals surface area contributed by atoms with Crippen molar-refractivity contribution in [1.82, 2.24) is 0 Å². The van der Waals surface area contributed by atoms with Crippen molar-refractivity contribution < 1.29 is 14.4 Å². The van der Waals surface area contributed by atoms with Crippen LogP contribution in [0.15, 0.2) is 42.5 Å². The Balaban J connectivity index is 1.76. The van der Waals surface area contributed by atoms with Crippen molar-refractivity contribution in [2.45, 2.75) is 13.8 Å². The zero-order chi connectivity index (χ0) is 19.8. The molecule has 2 rings (SSSR count). The van der Waals surface area contributed by atoms with Gasteiger partial charge in [0, 0.05) is 18.3 Å². The molecular formula is C19H20ClN3O3S. The molecule has 0 atom stereocenters. The molecule has 0 aliphatic carbocycles. The van der Waals surface area contributed by atoms with Gasteiger partial charge in [0.05, 0.1) is 22.2 Å². The predicted octanol–water partition coefficient (Wildman–Crippen LogP) is 3.92. The van der Waals surface area contributed by atoms with E-state index < -0.39 is 0 Å². The van der Waals surface area contributed by atoms with Crippen molar-refractivity contribution in [1.29, 1.82) is 0 Å². The van der Waals surface area contributed by atoms with Gasteiger partial charge in [-0.3, -0.25) is 14.4 Å². The molecule has 0 aliphatic rings. The lowest BCUT2D eigenvalue weighted by Gasteiger charge is -2.09. The van der Waals surface area contributed by atoms with Crippen molar-refractivity contribution in [2.24, 2.45) is 0 Å². The lowest BCUT2D eigenvalue weighted by atomic mass is 10.2. The Hall–Kier alpha value is -2.51. The minimum absolute atomic E-state index is 0.116. The minimum atomic E-state index is -0.266. The number of thioether (sulfide) groups is 1. The van der Waals surface area contributed by atoms with E-state index in [4.69, 9.17) is 11.6 Å². The fourth-order valence-electron chi connectivity index (χ4n) is 2.15. The Kier molecular flexibility index (Phi) is 7.69. The summed E-state index contributed by atoms with van der Waals surface area (Å²) in [4.78, 5) is 34.9. The highest BCUT2D eigenvalue weighted by molar-refractivity contribution is 8.00. The third-order valence-corrected chi connectivity index (χ3v) is 4.61. The Morgan fingerprint density at radius 2 is 1.48 bits per heavy atom. The van der Waals surface area contributed by atoms with Crippen LogP contribution in [0.3, 0.4) is 0 Å². The summed E-state index contributed by atoms with van der Waals surface area (Å²) >= 11 is 7.31. The number of halogens is 1. The Morgan fingerprint density at radius 1 is 0.889 bits per heavy atom. The molecule has 3 amide bonds. The number of aryl methyl sites for hydroxylation is 1. The first-order valence-electron chi connectivity index (χ1n) is 8.15. The van der Waals surface area contributed by atoms with E-state index in [1.165, 1.54) is 18.7 Å². The van der Waals surface area contributed by atoms with Gasteiger partial charge in [-0.25, -0.2) is 0 Å². The van der Waals surface area contributed by atoms with Crippen LogP contribution in [-0.2, 0) is 14.4 Å². The number of anilines is 3. The molecule has 0 radical (unpaired) electrons. The third-order valence-electron chi connectivity index (χ3n) is 3.37. The smallest absolute Gasteiger partial charge is 0.234 e. The van der Waals surface area contributed by atoms with Gasteiger partial charge >= 0.3 is 0 Å². The molecule has 142 valence electrons. The van der Waals surface area contributed by atoms with Crippen LogP contribution in [0.4, 0.5) is 17.1 Å². The van der Waals surface area contributed by atoms with Crippen LogP contribution < -0.4 is 16.0 Å². The van der Waals surface area contributed by atoms with E-state index in [1.54, 1.807) is 18.2 Å². The van der Waals surface area contributed by atoms with E-state index >= 15 is 0 Å². The van der Waals surface area contributed by atoms with Gasteiger partial charge in [0.25, 0.3) is 0 Å². The van der Waals surface area contributed by atoms with E-state index in [0.717, 1.165) is 11.3 Å². The fraction of sp³-hybridized carbons (Fsp3) is 0.211. The zero-order valence-electron chi connectivity index (χ0n) is 15.0. The second-order valence-electron chi connectivity index (χ2n) is 5.83. The van der Waals surface area contributed by atoms with Gasteiger partial charge in [-0.05, 0) is 37.3 Å². The van der Waals surface area contributed by atoms with Crippen LogP contribution in [-0.4, -0.2) is 29.2 Å². The summed E-state index contributed by atoms with van der Waals surface area (Å²) in [7, 11) is 0. The molecule has 3 N–H and O–H groups in total. The predicted molar refractivity (Wildman–Crippen MR) is 112 cm³/mol. The van der Waals surface area contributed by atoms with Gasteiger partial charge in [-0.1, -0.05) is 29.3 Å². The minimum Gasteiger partial charge on any atom is -0.326 e. The Bertz CT molecular complexity index is 841. The first kappa shape index (κ1) is 20.8. The lowest BCUT2D eigenvalue weighted by molar-refractivity contribution is -0.115. The molecule has 8 heteroatoms. The van der Waals surface area contributed by atoms with Crippen molar-refractivity contribution in [3.63, 3.8) is 0 Å². The third kappa shape index (κ3) is 7.32. The summed E-state index contributed by atoms with van der Waals surface area (Å²) in [6.07, 6.45) is 0. The Labute approximate surface area is 167 Å². The first-order valence-corrected chi connectivity index (χ1v) is 9.68. The highest BCUT2D eigenvalue weighted by atomic mass is 35.5. The standard InChI is InChI=1S/C19H20ClN3O3S/c1-12-3-5-14(6-4-12)22-18(25)10-27-11-19(26)23-17-8-7-15(9-16(17)20)21-13(2)24/h3-9H,10-11H2,1-2H3,(H,21,24)(H,22,25)(H,23,26). The summed E-state index contributed by atoms with van der Waals surface area (Å²) in [5.74, 6) is -0.364. The average molecular weight is 406 g/mol. The van der Waals surface area contributed by atoms with E-state index in [2.05, 4.69) is 16.0 Å².